The van der Waals surface area contributed by atoms with Gasteiger partial charge < -0.3 is 10.2 Å². The van der Waals surface area contributed by atoms with Crippen molar-refractivity contribution in [3.8, 4) is 0 Å². The van der Waals surface area contributed by atoms with Gasteiger partial charge in [-0.25, -0.2) is 0 Å². The van der Waals surface area contributed by atoms with E-state index in [-0.39, 0.29) is 11.9 Å². The molecule has 1 N–H and O–H groups in total. The fourth-order valence-electron chi connectivity index (χ4n) is 3.68. The Morgan fingerprint density at radius 2 is 2.00 bits per heavy atom. The van der Waals surface area contributed by atoms with Gasteiger partial charge in [-0.3, -0.25) is 4.79 Å². The molecule has 2 unspecified atom stereocenters. The van der Waals surface area contributed by atoms with E-state index >= 15 is 0 Å². The number of benzene rings is 1. The van der Waals surface area contributed by atoms with Crippen molar-refractivity contribution in [3.63, 3.8) is 0 Å². The molecule has 2 heterocycles. The van der Waals surface area contributed by atoms with Crippen LogP contribution in [0.5, 0.6) is 0 Å². The van der Waals surface area contributed by atoms with Gasteiger partial charge in [0.25, 0.3) is 5.91 Å². The Bertz CT molecular complexity index is 537. The minimum absolute atomic E-state index is 0.0801. The van der Waals surface area contributed by atoms with Crippen molar-refractivity contribution in [1.29, 1.82) is 0 Å². The largest absolute Gasteiger partial charge is 0.349 e. The Morgan fingerprint density at radius 1 is 1.33 bits per heavy atom. The van der Waals surface area contributed by atoms with Gasteiger partial charge in [0.05, 0.1) is 10.6 Å². The Morgan fingerprint density at radius 3 is 2.67 bits per heavy atom. The molecule has 0 spiro atoms. The number of piperidine rings is 2. The molecule has 3 rings (SSSR count). The molecule has 1 amide bonds. The molecule has 2 saturated heterocycles. The zero-order chi connectivity index (χ0) is 15.0. The first-order valence-corrected chi connectivity index (χ1v) is 8.38. The van der Waals surface area contributed by atoms with Crippen LogP contribution in [-0.2, 0) is 0 Å². The molecule has 1 aromatic rings. The highest BCUT2D eigenvalue weighted by molar-refractivity contribution is 7.80. The lowest BCUT2D eigenvalue weighted by Crippen LogP contribution is -2.55. The van der Waals surface area contributed by atoms with Gasteiger partial charge in [-0.1, -0.05) is 18.0 Å². The maximum atomic E-state index is 12.4. The van der Waals surface area contributed by atoms with Crippen LogP contribution in [0.15, 0.2) is 23.1 Å². The summed E-state index contributed by atoms with van der Waals surface area (Å²) in [5.74, 6) is -0.0801. The van der Waals surface area contributed by atoms with Crippen molar-refractivity contribution in [2.24, 2.45) is 0 Å². The third kappa shape index (κ3) is 3.22. The fourth-order valence-corrected chi connectivity index (χ4v) is 4.09. The van der Waals surface area contributed by atoms with Crippen molar-refractivity contribution >= 4 is 30.1 Å². The average Bonchev–Trinajstić information content (AvgIpc) is 2.42. The number of halogens is 1. The zero-order valence-electron chi connectivity index (χ0n) is 12.2. The predicted octanol–water partition coefficient (Wildman–Crippen LogP) is 3.37. The fraction of sp³-hybridized carbons (Fsp3) is 0.562. The molecule has 0 saturated carbocycles. The molecule has 2 fully saturated rings. The summed E-state index contributed by atoms with van der Waals surface area (Å²) in [5.41, 5.74) is 0.522. The number of rotatable bonds is 2. The lowest BCUT2D eigenvalue weighted by molar-refractivity contribution is 0.0463. The Labute approximate surface area is 136 Å². The molecule has 0 aliphatic carbocycles. The third-order valence-electron chi connectivity index (χ3n) is 4.87. The van der Waals surface area contributed by atoms with E-state index in [0.717, 1.165) is 17.7 Å². The minimum Gasteiger partial charge on any atom is -0.349 e. The molecule has 5 heteroatoms. The molecule has 2 aliphatic heterocycles. The van der Waals surface area contributed by atoms with E-state index in [0.29, 0.717) is 22.7 Å². The monoisotopic (exact) mass is 324 g/mol. The number of fused-ring (bicyclic) bond motifs is 2. The second kappa shape index (κ2) is 6.19. The first-order chi connectivity index (χ1) is 10.0. The number of nitrogens with zero attached hydrogens (tertiary/aromatic N) is 1. The lowest BCUT2D eigenvalue weighted by Gasteiger charge is -2.47. The number of hydrogen-bond donors (Lipinski definition) is 2. The normalized spacial score (nSPS) is 29.2. The van der Waals surface area contributed by atoms with Crippen molar-refractivity contribution in [2.75, 3.05) is 7.05 Å². The highest BCUT2D eigenvalue weighted by Crippen LogP contribution is 2.33. The zero-order valence-corrected chi connectivity index (χ0v) is 13.8. The van der Waals surface area contributed by atoms with Crippen molar-refractivity contribution < 1.29 is 4.79 Å². The van der Waals surface area contributed by atoms with E-state index in [4.69, 9.17) is 11.6 Å². The summed E-state index contributed by atoms with van der Waals surface area (Å²) in [7, 11) is 2.22. The molecule has 2 bridgehead atoms. The molecule has 0 aromatic heterocycles. The Kier molecular flexibility index (Phi) is 4.48. The molecular formula is C16H21ClN2OS. The summed E-state index contributed by atoms with van der Waals surface area (Å²) in [4.78, 5) is 15.7. The van der Waals surface area contributed by atoms with E-state index < -0.39 is 0 Å². The van der Waals surface area contributed by atoms with E-state index in [1.807, 2.05) is 0 Å². The van der Waals surface area contributed by atoms with E-state index in [9.17, 15) is 4.79 Å². The van der Waals surface area contributed by atoms with Crippen LogP contribution in [0.25, 0.3) is 0 Å². The summed E-state index contributed by atoms with van der Waals surface area (Å²) in [6, 6.07) is 6.72. The van der Waals surface area contributed by atoms with Crippen LogP contribution < -0.4 is 5.32 Å². The van der Waals surface area contributed by atoms with E-state index in [2.05, 4.69) is 29.9 Å². The number of carbonyl (C=O) groups is 1. The molecule has 114 valence electrons. The average molecular weight is 325 g/mol. The molecule has 2 aliphatic rings. The number of carbonyl (C=O) groups excluding carboxylic acids is 1. The van der Waals surface area contributed by atoms with Gasteiger partial charge in [-0.2, -0.15) is 0 Å². The maximum Gasteiger partial charge on any atom is 0.253 e. The van der Waals surface area contributed by atoms with Crippen LogP contribution in [0.2, 0.25) is 5.02 Å². The smallest absolute Gasteiger partial charge is 0.253 e. The summed E-state index contributed by atoms with van der Waals surface area (Å²) in [5, 5.41) is 3.65. The molecule has 0 radical (unpaired) electrons. The summed E-state index contributed by atoms with van der Waals surface area (Å²) in [6.45, 7) is 0. The summed E-state index contributed by atoms with van der Waals surface area (Å²) in [6.07, 6.45) is 5.88. The number of amides is 1. The molecule has 2 atom stereocenters. The van der Waals surface area contributed by atoms with Crippen molar-refractivity contribution in [1.82, 2.24) is 10.2 Å². The van der Waals surface area contributed by atoms with Crippen LogP contribution >= 0.6 is 24.2 Å². The van der Waals surface area contributed by atoms with Crippen LogP contribution in [0, 0.1) is 0 Å². The van der Waals surface area contributed by atoms with Crippen LogP contribution in [0.4, 0.5) is 0 Å². The van der Waals surface area contributed by atoms with Gasteiger partial charge in [0.15, 0.2) is 0 Å². The quantitative estimate of drug-likeness (QED) is 0.817. The van der Waals surface area contributed by atoms with E-state index in [1.165, 1.54) is 19.3 Å². The van der Waals surface area contributed by atoms with Crippen LogP contribution in [0.3, 0.4) is 0 Å². The number of hydrogen-bond acceptors (Lipinski definition) is 3. The van der Waals surface area contributed by atoms with Gasteiger partial charge in [-0.05, 0) is 50.9 Å². The lowest BCUT2D eigenvalue weighted by atomic mass is 9.82. The Hall–Kier alpha value is -0.710. The van der Waals surface area contributed by atoms with E-state index in [1.54, 1.807) is 18.2 Å². The first kappa shape index (κ1) is 15.2. The molecule has 3 nitrogen and oxygen atoms in total. The number of nitrogens with one attached hydrogen (secondary N) is 1. The van der Waals surface area contributed by atoms with Gasteiger partial charge in [0.2, 0.25) is 0 Å². The second-order valence-electron chi connectivity index (χ2n) is 6.21. The van der Waals surface area contributed by atoms with Gasteiger partial charge in [-0.15, -0.1) is 12.6 Å². The molecule has 1 aromatic carbocycles. The molecular weight excluding hydrogens is 304 g/mol. The van der Waals surface area contributed by atoms with Gasteiger partial charge in [0, 0.05) is 23.0 Å². The standard InChI is InChI=1S/C16H21ClN2OS/c1-19-11-3-2-4-12(19)8-10(7-11)18-16(20)14-9-13(21)5-6-15(14)17/h5-6,9-12,21H,2-4,7-8H2,1H3,(H,18,20). The third-order valence-corrected chi connectivity index (χ3v) is 5.48. The van der Waals surface area contributed by atoms with Crippen molar-refractivity contribution in [3.05, 3.63) is 28.8 Å². The topological polar surface area (TPSA) is 32.3 Å². The summed E-state index contributed by atoms with van der Waals surface area (Å²) < 4.78 is 0. The first-order valence-electron chi connectivity index (χ1n) is 7.56. The van der Waals surface area contributed by atoms with Gasteiger partial charge in [0.1, 0.15) is 0 Å². The SMILES string of the molecule is CN1C2CCCC1CC(NC(=O)c1cc(S)ccc1Cl)C2. The van der Waals surface area contributed by atoms with Gasteiger partial charge >= 0.3 is 0 Å². The molecule has 21 heavy (non-hydrogen) atoms. The second-order valence-corrected chi connectivity index (χ2v) is 7.13. The predicted molar refractivity (Wildman–Crippen MR) is 88.4 cm³/mol. The van der Waals surface area contributed by atoms with Crippen LogP contribution in [0.1, 0.15) is 42.5 Å². The highest BCUT2D eigenvalue weighted by Gasteiger charge is 2.36. The Balaban J connectivity index is 1.69. The summed E-state index contributed by atoms with van der Waals surface area (Å²) >= 11 is 10.4. The number of thiol groups is 1. The minimum atomic E-state index is -0.0801. The van der Waals surface area contributed by atoms with Crippen LogP contribution in [-0.4, -0.2) is 36.0 Å². The van der Waals surface area contributed by atoms with Crippen molar-refractivity contribution in [2.45, 2.75) is 55.1 Å². The maximum absolute atomic E-state index is 12.4. The highest BCUT2D eigenvalue weighted by atomic mass is 35.5.